The number of benzene rings is 1. The number of amides is 1. The molecule has 0 spiro atoms. The van der Waals surface area contributed by atoms with Gasteiger partial charge in [-0.3, -0.25) is 9.36 Å². The minimum absolute atomic E-state index is 0.00245. The van der Waals surface area contributed by atoms with Crippen molar-refractivity contribution in [2.75, 3.05) is 25.5 Å². The van der Waals surface area contributed by atoms with Crippen LogP contribution in [0.5, 0.6) is 5.75 Å². The zero-order valence-corrected chi connectivity index (χ0v) is 22.3. The number of hydrogen-bond acceptors (Lipinski definition) is 9. The van der Waals surface area contributed by atoms with Gasteiger partial charge < -0.3 is 20.7 Å². The van der Waals surface area contributed by atoms with E-state index < -0.39 is 0 Å². The summed E-state index contributed by atoms with van der Waals surface area (Å²) >= 11 is 6.32. The SMILES string of the molecule is CCn1ncc2c3c(NCc4ccc(OC)c(Cl)c4)nnc(-n4cnc(C(=O)N5CCC(N)C5)c4)c3cnc21. The molecule has 1 fully saturated rings. The van der Waals surface area contributed by atoms with Crippen molar-refractivity contribution in [1.82, 2.24) is 39.4 Å². The monoisotopic (exact) mass is 546 g/mol. The summed E-state index contributed by atoms with van der Waals surface area (Å²) in [6, 6.07) is 5.61. The lowest BCUT2D eigenvalue weighted by Crippen LogP contribution is -2.32. The molecule has 3 N–H and O–H groups in total. The fraction of sp³-hybridized carbons (Fsp3) is 0.308. The van der Waals surface area contributed by atoms with Crippen molar-refractivity contribution in [2.24, 2.45) is 5.73 Å². The topological polar surface area (TPSA) is 142 Å². The molecule has 5 aromatic rings. The van der Waals surface area contributed by atoms with Crippen molar-refractivity contribution in [3.63, 3.8) is 0 Å². The number of nitrogens with one attached hydrogen (secondary N) is 1. The van der Waals surface area contributed by atoms with Gasteiger partial charge in [-0.1, -0.05) is 17.7 Å². The van der Waals surface area contributed by atoms with E-state index in [4.69, 9.17) is 22.1 Å². The number of nitrogens with two attached hydrogens (primary N) is 1. The van der Waals surface area contributed by atoms with E-state index in [-0.39, 0.29) is 11.9 Å². The molecule has 0 bridgehead atoms. The Morgan fingerprint density at radius 1 is 1.23 bits per heavy atom. The van der Waals surface area contributed by atoms with Crippen molar-refractivity contribution in [3.05, 3.63) is 59.4 Å². The molecule has 1 saturated heterocycles. The third-order valence-corrected chi connectivity index (χ3v) is 7.22. The number of fused-ring (bicyclic) bond motifs is 3. The lowest BCUT2D eigenvalue weighted by Gasteiger charge is -2.14. The van der Waals surface area contributed by atoms with Gasteiger partial charge in [0.05, 0.1) is 23.7 Å². The average molecular weight is 547 g/mol. The number of ether oxygens (including phenoxy) is 1. The summed E-state index contributed by atoms with van der Waals surface area (Å²) in [6.07, 6.45) is 7.56. The van der Waals surface area contributed by atoms with Gasteiger partial charge >= 0.3 is 0 Å². The summed E-state index contributed by atoms with van der Waals surface area (Å²) in [4.78, 5) is 23.7. The van der Waals surface area contributed by atoms with Gasteiger partial charge in [0.2, 0.25) is 0 Å². The zero-order chi connectivity index (χ0) is 27.1. The Hall–Kier alpha value is -4.29. The fourth-order valence-electron chi connectivity index (χ4n) is 4.89. The summed E-state index contributed by atoms with van der Waals surface area (Å²) in [5.74, 6) is 1.54. The van der Waals surface area contributed by atoms with Gasteiger partial charge in [-0.2, -0.15) is 5.10 Å². The third-order valence-electron chi connectivity index (χ3n) is 6.92. The molecular formula is C26H27ClN10O2. The number of pyridine rings is 1. The minimum Gasteiger partial charge on any atom is -0.495 e. The molecule has 5 heterocycles. The number of aromatic nitrogens is 7. The average Bonchev–Trinajstić information content (AvgIpc) is 3.71. The van der Waals surface area contributed by atoms with Gasteiger partial charge in [0, 0.05) is 55.4 Å². The molecule has 0 radical (unpaired) electrons. The molecule has 6 rings (SSSR count). The lowest BCUT2D eigenvalue weighted by atomic mass is 10.1. The van der Waals surface area contributed by atoms with Crippen LogP contribution in [0.15, 0.2) is 43.1 Å². The van der Waals surface area contributed by atoms with Crippen LogP contribution in [0, 0.1) is 0 Å². The number of anilines is 1. The van der Waals surface area contributed by atoms with Gasteiger partial charge in [-0.15, -0.1) is 10.2 Å². The van der Waals surface area contributed by atoms with Crippen LogP contribution < -0.4 is 15.8 Å². The Morgan fingerprint density at radius 3 is 2.85 bits per heavy atom. The Bertz CT molecular complexity index is 1700. The first-order chi connectivity index (χ1) is 19.0. The molecular weight excluding hydrogens is 520 g/mol. The second-order valence-corrected chi connectivity index (χ2v) is 9.81. The molecule has 4 aromatic heterocycles. The number of aryl methyl sites for hydroxylation is 1. The van der Waals surface area contributed by atoms with Crippen molar-refractivity contribution >= 4 is 45.1 Å². The molecule has 13 heteroatoms. The van der Waals surface area contributed by atoms with Gasteiger partial charge in [0.15, 0.2) is 17.3 Å². The second kappa shape index (κ2) is 10.1. The summed E-state index contributed by atoms with van der Waals surface area (Å²) in [5.41, 5.74) is 8.00. The summed E-state index contributed by atoms with van der Waals surface area (Å²) < 4.78 is 8.79. The van der Waals surface area contributed by atoms with Crippen LogP contribution in [0.3, 0.4) is 0 Å². The van der Waals surface area contributed by atoms with Crippen LogP contribution in [-0.4, -0.2) is 71.6 Å². The van der Waals surface area contributed by atoms with E-state index in [1.54, 1.807) is 41.5 Å². The number of carbonyl (C=O) groups excluding carboxylic acids is 1. The highest BCUT2D eigenvalue weighted by atomic mass is 35.5. The second-order valence-electron chi connectivity index (χ2n) is 9.41. The number of likely N-dealkylation sites (tertiary alicyclic amines) is 1. The van der Waals surface area contributed by atoms with Crippen LogP contribution in [-0.2, 0) is 13.1 Å². The van der Waals surface area contributed by atoms with E-state index in [2.05, 4.69) is 30.6 Å². The number of methoxy groups -OCH3 is 1. The summed E-state index contributed by atoms with van der Waals surface area (Å²) in [6.45, 7) is 4.29. The maximum atomic E-state index is 13.0. The molecule has 1 aromatic carbocycles. The number of carbonyl (C=O) groups is 1. The molecule has 0 saturated carbocycles. The van der Waals surface area contributed by atoms with Crippen molar-refractivity contribution < 1.29 is 9.53 Å². The predicted octanol–water partition coefficient (Wildman–Crippen LogP) is 3.03. The first-order valence-corrected chi connectivity index (χ1v) is 13.0. The highest BCUT2D eigenvalue weighted by molar-refractivity contribution is 6.32. The van der Waals surface area contributed by atoms with Gasteiger partial charge in [0.1, 0.15) is 17.8 Å². The number of rotatable bonds is 7. The zero-order valence-electron chi connectivity index (χ0n) is 21.5. The van der Waals surface area contributed by atoms with Crippen LogP contribution >= 0.6 is 11.6 Å². The van der Waals surface area contributed by atoms with Crippen molar-refractivity contribution in [2.45, 2.75) is 32.5 Å². The molecule has 39 heavy (non-hydrogen) atoms. The molecule has 12 nitrogen and oxygen atoms in total. The van der Waals surface area contributed by atoms with Crippen LogP contribution in [0.2, 0.25) is 5.02 Å². The Kier molecular flexibility index (Phi) is 6.49. The molecule has 1 aliphatic rings. The van der Waals surface area contributed by atoms with E-state index in [1.807, 2.05) is 29.8 Å². The first-order valence-electron chi connectivity index (χ1n) is 12.6. The fourth-order valence-corrected chi connectivity index (χ4v) is 5.17. The Labute approximate surface area is 228 Å². The van der Waals surface area contributed by atoms with E-state index in [0.29, 0.717) is 54.3 Å². The van der Waals surface area contributed by atoms with Gasteiger partial charge in [-0.25, -0.2) is 14.6 Å². The van der Waals surface area contributed by atoms with E-state index >= 15 is 0 Å². The maximum Gasteiger partial charge on any atom is 0.274 e. The number of imidazole rings is 1. The molecule has 0 aliphatic carbocycles. The molecule has 1 unspecified atom stereocenters. The van der Waals surface area contributed by atoms with Gasteiger partial charge in [0.25, 0.3) is 5.91 Å². The lowest BCUT2D eigenvalue weighted by molar-refractivity contribution is 0.0785. The minimum atomic E-state index is -0.153. The predicted molar refractivity (Wildman–Crippen MR) is 147 cm³/mol. The molecule has 1 aliphatic heterocycles. The number of hydrogen-bond donors (Lipinski definition) is 2. The van der Waals surface area contributed by atoms with Crippen molar-refractivity contribution in [3.8, 4) is 11.6 Å². The van der Waals surface area contributed by atoms with E-state index in [9.17, 15) is 4.79 Å². The normalized spacial score (nSPS) is 15.4. The van der Waals surface area contributed by atoms with Crippen LogP contribution in [0.4, 0.5) is 5.82 Å². The number of halogens is 1. The van der Waals surface area contributed by atoms with Crippen molar-refractivity contribution in [1.29, 1.82) is 0 Å². The third kappa shape index (κ3) is 4.51. The summed E-state index contributed by atoms with van der Waals surface area (Å²) in [7, 11) is 1.58. The van der Waals surface area contributed by atoms with Crippen LogP contribution in [0.25, 0.3) is 27.6 Å². The smallest absolute Gasteiger partial charge is 0.274 e. The summed E-state index contributed by atoms with van der Waals surface area (Å²) in [5, 5.41) is 19.9. The highest BCUT2D eigenvalue weighted by Crippen LogP contribution is 2.32. The first kappa shape index (κ1) is 25.0. The van der Waals surface area contributed by atoms with Crippen LogP contribution in [0.1, 0.15) is 29.4 Å². The van der Waals surface area contributed by atoms with E-state index in [0.717, 1.165) is 33.8 Å². The Balaban J connectivity index is 1.40. The molecule has 1 amide bonds. The van der Waals surface area contributed by atoms with Gasteiger partial charge in [-0.05, 0) is 31.0 Å². The quantitative estimate of drug-likeness (QED) is 0.315. The highest BCUT2D eigenvalue weighted by Gasteiger charge is 2.26. The Morgan fingerprint density at radius 2 is 2.10 bits per heavy atom. The largest absolute Gasteiger partial charge is 0.495 e. The standard InChI is InChI=1S/C26H27ClN10O2/c1-3-37-24-18(11-32-37)22-17(10-30-24)25(36-13-20(31-14-36)26(38)35-7-6-16(28)12-35)34-33-23(22)29-9-15-4-5-21(39-2)19(27)8-15/h4-5,8,10-11,13-14,16H,3,6-7,9,12,28H2,1-2H3,(H,29,33). The molecule has 1 atom stereocenters. The number of nitrogens with zero attached hydrogens (tertiary/aromatic N) is 8. The molecule has 200 valence electrons. The maximum absolute atomic E-state index is 13.0. The van der Waals surface area contributed by atoms with E-state index in [1.165, 1.54) is 0 Å².